The normalized spacial score (nSPS) is 24.4. The molecule has 0 aromatic heterocycles. The van der Waals surface area contributed by atoms with Gasteiger partial charge in [0.2, 0.25) is 0 Å². The van der Waals surface area contributed by atoms with Crippen molar-refractivity contribution in [3.05, 3.63) is 33.8 Å². The van der Waals surface area contributed by atoms with Gasteiger partial charge in [0, 0.05) is 12.1 Å². The average Bonchev–Trinajstić information content (AvgIpc) is 2.67. The lowest BCUT2D eigenvalue weighted by Gasteiger charge is -2.23. The summed E-state index contributed by atoms with van der Waals surface area (Å²) in [6, 6.07) is 5.24. The first kappa shape index (κ1) is 14.2. The van der Waals surface area contributed by atoms with Gasteiger partial charge in [0.05, 0.1) is 10.0 Å². The molecule has 1 fully saturated rings. The van der Waals surface area contributed by atoms with Crippen LogP contribution in [0, 0.1) is 0 Å². The number of benzene rings is 1. The number of nitrogens with zero attached hydrogens (tertiary/aromatic N) is 1. The van der Waals surface area contributed by atoms with Crippen molar-refractivity contribution in [2.24, 2.45) is 4.99 Å². The molecule has 4 nitrogen and oxygen atoms in total. The van der Waals surface area contributed by atoms with Gasteiger partial charge >= 0.3 is 0 Å². The third kappa shape index (κ3) is 2.55. The van der Waals surface area contributed by atoms with Crippen molar-refractivity contribution in [1.29, 1.82) is 0 Å². The Bertz CT molecular complexity index is 545. The monoisotopic (exact) mass is 299 g/mol. The molecule has 2 N–H and O–H groups in total. The fourth-order valence-corrected chi connectivity index (χ4v) is 2.43. The van der Waals surface area contributed by atoms with E-state index in [1.165, 1.54) is 0 Å². The van der Waals surface area contributed by atoms with E-state index in [9.17, 15) is 4.79 Å². The Labute approximate surface area is 122 Å². The molecular weight excluding hydrogens is 285 g/mol. The van der Waals surface area contributed by atoms with Crippen LogP contribution in [0.2, 0.25) is 10.0 Å². The summed E-state index contributed by atoms with van der Waals surface area (Å²) in [7, 11) is 0. The van der Waals surface area contributed by atoms with Crippen LogP contribution in [0.4, 0.5) is 0 Å². The van der Waals surface area contributed by atoms with E-state index in [2.05, 4.69) is 15.6 Å². The van der Waals surface area contributed by atoms with E-state index in [1.807, 2.05) is 6.92 Å². The number of carbonyl (C=O) groups is 1. The molecule has 0 spiro atoms. The predicted octanol–water partition coefficient (Wildman–Crippen LogP) is 2.69. The van der Waals surface area contributed by atoms with Gasteiger partial charge in [-0.25, -0.2) is 0 Å². The molecule has 0 aliphatic carbocycles. The minimum Gasteiger partial charge on any atom is -0.338 e. The van der Waals surface area contributed by atoms with Crippen LogP contribution in [-0.2, 0) is 10.3 Å². The topological polar surface area (TPSA) is 53.5 Å². The molecule has 1 aliphatic rings. The summed E-state index contributed by atoms with van der Waals surface area (Å²) in [5.74, 6) is 0.289. The highest BCUT2D eigenvalue weighted by atomic mass is 35.5. The number of nitrogens with one attached hydrogen (secondary N) is 2. The number of amides is 1. The Balaban J connectivity index is 2.38. The van der Waals surface area contributed by atoms with E-state index < -0.39 is 5.54 Å². The van der Waals surface area contributed by atoms with Crippen LogP contribution < -0.4 is 10.6 Å². The maximum atomic E-state index is 12.2. The van der Waals surface area contributed by atoms with Crippen molar-refractivity contribution in [2.45, 2.75) is 25.8 Å². The zero-order valence-corrected chi connectivity index (χ0v) is 12.3. The van der Waals surface area contributed by atoms with Gasteiger partial charge in [-0.2, -0.15) is 0 Å². The lowest BCUT2D eigenvalue weighted by Crippen LogP contribution is -2.41. The molecule has 1 heterocycles. The Morgan fingerprint density at radius 2 is 2.11 bits per heavy atom. The number of carbonyl (C=O) groups excluding carboxylic acids is 1. The van der Waals surface area contributed by atoms with Crippen molar-refractivity contribution in [2.75, 3.05) is 6.54 Å². The third-order valence-electron chi connectivity index (χ3n) is 3.04. The van der Waals surface area contributed by atoms with Crippen molar-refractivity contribution in [3.63, 3.8) is 0 Å². The fraction of sp³-hybridized carbons (Fsp3) is 0.385. The molecule has 1 aromatic rings. The highest BCUT2D eigenvalue weighted by molar-refractivity contribution is 6.42. The summed E-state index contributed by atoms with van der Waals surface area (Å²) in [6.07, 6.45) is 0.912. The van der Waals surface area contributed by atoms with Crippen LogP contribution >= 0.6 is 23.2 Å². The predicted molar refractivity (Wildman–Crippen MR) is 77.7 cm³/mol. The second-order valence-corrected chi connectivity index (χ2v) is 5.32. The zero-order chi connectivity index (χ0) is 14.0. The highest BCUT2D eigenvalue weighted by Crippen LogP contribution is 2.34. The van der Waals surface area contributed by atoms with Gasteiger partial charge in [0.15, 0.2) is 5.96 Å². The molecule has 19 heavy (non-hydrogen) atoms. The average molecular weight is 300 g/mol. The zero-order valence-electron chi connectivity index (χ0n) is 10.8. The molecule has 1 saturated heterocycles. The van der Waals surface area contributed by atoms with Crippen LogP contribution in [0.1, 0.15) is 25.8 Å². The Morgan fingerprint density at radius 3 is 2.79 bits per heavy atom. The molecule has 6 heteroatoms. The maximum absolute atomic E-state index is 12.2. The standard InChI is InChI=1S/C13H15Cl2N3O/c1-3-7-16-12-17-11(19)13(2,18-12)8-5-4-6-9(14)10(8)15/h4-6H,3,7H2,1-2H3,(H2,16,17,18,19). The third-order valence-corrected chi connectivity index (χ3v) is 3.86. The summed E-state index contributed by atoms with van der Waals surface area (Å²) in [5, 5.41) is 6.61. The summed E-state index contributed by atoms with van der Waals surface area (Å²) >= 11 is 12.2. The minimum atomic E-state index is -0.950. The van der Waals surface area contributed by atoms with Gasteiger partial charge in [-0.05, 0) is 19.4 Å². The largest absolute Gasteiger partial charge is 0.338 e. The summed E-state index contributed by atoms with van der Waals surface area (Å²) in [4.78, 5) is 16.4. The van der Waals surface area contributed by atoms with E-state index in [0.29, 0.717) is 28.1 Å². The first-order valence-electron chi connectivity index (χ1n) is 6.07. The number of rotatable bonds is 3. The molecule has 0 bridgehead atoms. The van der Waals surface area contributed by atoms with Crippen LogP contribution in [0.25, 0.3) is 0 Å². The van der Waals surface area contributed by atoms with Crippen molar-refractivity contribution >= 4 is 35.1 Å². The molecule has 1 aromatic carbocycles. The van der Waals surface area contributed by atoms with Gasteiger partial charge in [0.25, 0.3) is 5.91 Å². The van der Waals surface area contributed by atoms with Crippen LogP contribution in [0.15, 0.2) is 23.2 Å². The molecule has 0 radical (unpaired) electrons. The molecule has 1 aliphatic heterocycles. The smallest absolute Gasteiger partial charge is 0.256 e. The van der Waals surface area contributed by atoms with Gasteiger partial charge in [-0.15, -0.1) is 0 Å². The Kier molecular flexibility index (Phi) is 4.02. The number of hydrogen-bond donors (Lipinski definition) is 2. The van der Waals surface area contributed by atoms with Crippen LogP contribution in [0.3, 0.4) is 0 Å². The van der Waals surface area contributed by atoms with Crippen molar-refractivity contribution < 1.29 is 4.79 Å². The molecule has 1 amide bonds. The van der Waals surface area contributed by atoms with E-state index in [-0.39, 0.29) is 5.91 Å². The first-order valence-corrected chi connectivity index (χ1v) is 6.83. The molecule has 102 valence electrons. The number of aliphatic imine (C=N–C) groups is 1. The minimum absolute atomic E-state index is 0.188. The molecule has 1 atom stereocenters. The van der Waals surface area contributed by atoms with E-state index in [1.54, 1.807) is 25.1 Å². The summed E-state index contributed by atoms with van der Waals surface area (Å²) < 4.78 is 0. The second-order valence-electron chi connectivity index (χ2n) is 4.54. The summed E-state index contributed by atoms with van der Waals surface area (Å²) in [6.45, 7) is 4.43. The number of hydrogen-bond acceptors (Lipinski definition) is 2. The highest BCUT2D eigenvalue weighted by Gasteiger charge is 2.43. The lowest BCUT2D eigenvalue weighted by molar-refractivity contribution is -0.123. The van der Waals surface area contributed by atoms with Gasteiger partial charge in [-0.3, -0.25) is 15.1 Å². The van der Waals surface area contributed by atoms with Gasteiger partial charge < -0.3 is 5.32 Å². The lowest BCUT2D eigenvalue weighted by atomic mass is 9.92. The van der Waals surface area contributed by atoms with E-state index >= 15 is 0 Å². The molecule has 1 unspecified atom stereocenters. The van der Waals surface area contributed by atoms with Gasteiger partial charge in [-0.1, -0.05) is 42.3 Å². The molecule has 0 saturated carbocycles. The first-order chi connectivity index (χ1) is 8.99. The summed E-state index contributed by atoms with van der Waals surface area (Å²) in [5.41, 5.74) is -0.310. The quantitative estimate of drug-likeness (QED) is 0.901. The number of halogens is 2. The molecule has 2 rings (SSSR count). The second kappa shape index (κ2) is 5.39. The SMILES string of the molecule is CCCN=C1NC(=O)C(C)(c2cccc(Cl)c2Cl)N1. The Morgan fingerprint density at radius 1 is 1.37 bits per heavy atom. The van der Waals surface area contributed by atoms with Crippen LogP contribution in [-0.4, -0.2) is 18.4 Å². The van der Waals surface area contributed by atoms with Crippen LogP contribution in [0.5, 0.6) is 0 Å². The van der Waals surface area contributed by atoms with E-state index in [4.69, 9.17) is 23.2 Å². The maximum Gasteiger partial charge on any atom is 0.256 e. The van der Waals surface area contributed by atoms with E-state index in [0.717, 1.165) is 6.42 Å². The van der Waals surface area contributed by atoms with Gasteiger partial charge in [0.1, 0.15) is 5.54 Å². The molecular formula is C13H15Cl2N3O. The van der Waals surface area contributed by atoms with Crippen molar-refractivity contribution in [1.82, 2.24) is 10.6 Å². The fourth-order valence-electron chi connectivity index (χ4n) is 1.94. The Hall–Kier alpha value is -1.26. The van der Waals surface area contributed by atoms with Crippen molar-refractivity contribution in [3.8, 4) is 0 Å². The number of guanidine groups is 1.